The quantitative estimate of drug-likeness (QED) is 0.228. The Hall–Kier alpha value is -4.06. The van der Waals surface area contributed by atoms with E-state index in [0.29, 0.717) is 13.2 Å². The second kappa shape index (κ2) is 10.6. The minimum atomic E-state index is 0.570. The van der Waals surface area contributed by atoms with Crippen molar-refractivity contribution < 1.29 is 18.3 Å². The largest absolute Gasteiger partial charge is 0.493 e. The fraction of sp³-hybridized carbons (Fsp3) is 0.120. The Morgan fingerprint density at radius 3 is 1.45 bits per heavy atom. The summed E-state index contributed by atoms with van der Waals surface area (Å²) < 4.78 is 22.0. The van der Waals surface area contributed by atoms with Crippen LogP contribution >= 0.6 is 0 Å². The molecule has 6 heteroatoms. The molecule has 0 bridgehead atoms. The van der Waals surface area contributed by atoms with E-state index in [9.17, 15) is 0 Å². The highest BCUT2D eigenvalue weighted by Gasteiger charge is 1.98. The number of benzene rings is 2. The SMILES string of the molecule is C(=Nc1ccc(OCCCOc2ccc(N=Cc3ccco3)cc2)cc1)c1ccco1. The number of rotatable bonds is 10. The Kier molecular flexibility index (Phi) is 6.94. The van der Waals surface area contributed by atoms with Crippen LogP contribution < -0.4 is 9.47 Å². The van der Waals surface area contributed by atoms with Gasteiger partial charge in [0.05, 0.1) is 49.5 Å². The maximum atomic E-state index is 5.76. The molecule has 0 saturated carbocycles. The highest BCUT2D eigenvalue weighted by Crippen LogP contribution is 2.20. The monoisotopic (exact) mass is 414 g/mol. The van der Waals surface area contributed by atoms with Crippen molar-refractivity contribution in [1.29, 1.82) is 0 Å². The van der Waals surface area contributed by atoms with Gasteiger partial charge >= 0.3 is 0 Å². The molecule has 2 aromatic heterocycles. The van der Waals surface area contributed by atoms with Crippen LogP contribution in [0.3, 0.4) is 0 Å². The van der Waals surface area contributed by atoms with Crippen LogP contribution in [0, 0.1) is 0 Å². The van der Waals surface area contributed by atoms with E-state index < -0.39 is 0 Å². The summed E-state index contributed by atoms with van der Waals surface area (Å²) in [6.45, 7) is 1.14. The molecule has 0 radical (unpaired) electrons. The van der Waals surface area contributed by atoms with Crippen molar-refractivity contribution in [1.82, 2.24) is 0 Å². The number of hydrogen-bond acceptors (Lipinski definition) is 6. The minimum absolute atomic E-state index is 0.570. The third kappa shape index (κ3) is 6.47. The standard InChI is InChI=1S/C25H22N2O4/c1-4-24(30-14-1)18-26-20-6-10-22(11-7-20)28-16-3-17-29-23-12-8-21(9-13-23)27-19-25-5-2-15-31-25/h1-2,4-15,18-19H,3,16-17H2. The predicted molar refractivity (Wildman–Crippen MR) is 120 cm³/mol. The van der Waals surface area contributed by atoms with Gasteiger partial charge in [-0.3, -0.25) is 9.98 Å². The molecule has 31 heavy (non-hydrogen) atoms. The average molecular weight is 414 g/mol. The van der Waals surface area contributed by atoms with Crippen LogP contribution in [0.25, 0.3) is 0 Å². The van der Waals surface area contributed by atoms with Gasteiger partial charge < -0.3 is 18.3 Å². The van der Waals surface area contributed by atoms with Gasteiger partial charge in [0.25, 0.3) is 0 Å². The topological polar surface area (TPSA) is 69.5 Å². The lowest BCUT2D eigenvalue weighted by atomic mass is 10.3. The molecule has 0 spiro atoms. The Morgan fingerprint density at radius 2 is 1.06 bits per heavy atom. The molecule has 0 aliphatic rings. The average Bonchev–Trinajstić information content (AvgIpc) is 3.52. The number of nitrogens with zero attached hydrogens (tertiary/aromatic N) is 2. The summed E-state index contributed by atoms with van der Waals surface area (Å²) in [6.07, 6.45) is 7.39. The molecule has 0 aliphatic heterocycles. The van der Waals surface area contributed by atoms with Crippen molar-refractivity contribution in [3.63, 3.8) is 0 Å². The van der Waals surface area contributed by atoms with Crippen LogP contribution in [-0.2, 0) is 0 Å². The smallest absolute Gasteiger partial charge is 0.144 e. The van der Waals surface area contributed by atoms with Crippen LogP contribution in [0.2, 0.25) is 0 Å². The van der Waals surface area contributed by atoms with Gasteiger partial charge in [-0.2, -0.15) is 0 Å². The van der Waals surface area contributed by atoms with Gasteiger partial charge in [0, 0.05) is 6.42 Å². The summed E-state index contributed by atoms with van der Waals surface area (Å²) in [5.74, 6) is 3.04. The van der Waals surface area contributed by atoms with Crippen molar-refractivity contribution in [2.45, 2.75) is 6.42 Å². The summed E-state index contributed by atoms with van der Waals surface area (Å²) in [5.41, 5.74) is 1.67. The molecule has 2 aromatic carbocycles. The number of hydrogen-bond donors (Lipinski definition) is 0. The molecular weight excluding hydrogens is 392 g/mol. The first-order chi connectivity index (χ1) is 15.3. The third-order valence-electron chi connectivity index (χ3n) is 4.27. The van der Waals surface area contributed by atoms with Crippen LogP contribution in [-0.4, -0.2) is 25.6 Å². The Morgan fingerprint density at radius 1 is 0.613 bits per heavy atom. The van der Waals surface area contributed by atoms with E-state index in [2.05, 4.69) is 9.98 Å². The first-order valence-electron chi connectivity index (χ1n) is 9.96. The minimum Gasteiger partial charge on any atom is -0.493 e. The van der Waals surface area contributed by atoms with E-state index >= 15 is 0 Å². The Bertz CT molecular complexity index is 992. The molecule has 6 nitrogen and oxygen atoms in total. The normalized spacial score (nSPS) is 11.4. The van der Waals surface area contributed by atoms with Crippen LogP contribution in [0.5, 0.6) is 11.5 Å². The Labute approximate surface area is 180 Å². The van der Waals surface area contributed by atoms with Crippen molar-refractivity contribution in [3.05, 3.63) is 96.8 Å². The van der Waals surface area contributed by atoms with Gasteiger partial charge in [0.2, 0.25) is 0 Å². The third-order valence-corrected chi connectivity index (χ3v) is 4.27. The zero-order chi connectivity index (χ0) is 21.1. The maximum Gasteiger partial charge on any atom is 0.144 e. The lowest BCUT2D eigenvalue weighted by molar-refractivity contribution is 0.247. The summed E-state index contributed by atoms with van der Waals surface area (Å²) in [5, 5.41) is 0. The van der Waals surface area contributed by atoms with E-state index in [1.54, 1.807) is 25.0 Å². The number of furan rings is 2. The summed E-state index contributed by atoms with van der Waals surface area (Å²) in [4.78, 5) is 8.71. The maximum absolute atomic E-state index is 5.76. The number of aliphatic imine (C=N–C) groups is 2. The molecule has 0 atom stereocenters. The van der Waals surface area contributed by atoms with Gasteiger partial charge in [-0.05, 0) is 72.8 Å². The van der Waals surface area contributed by atoms with E-state index in [1.165, 1.54) is 0 Å². The van der Waals surface area contributed by atoms with Crippen LogP contribution in [0.15, 0.2) is 104 Å². The fourth-order valence-electron chi connectivity index (χ4n) is 2.70. The van der Waals surface area contributed by atoms with Gasteiger partial charge in [-0.1, -0.05) is 0 Å². The first-order valence-corrected chi connectivity index (χ1v) is 9.96. The van der Waals surface area contributed by atoms with Crippen molar-refractivity contribution >= 4 is 23.8 Å². The first kappa shape index (κ1) is 20.2. The molecular formula is C25H22N2O4. The van der Waals surface area contributed by atoms with Crippen molar-refractivity contribution in [3.8, 4) is 11.5 Å². The molecule has 4 rings (SSSR count). The zero-order valence-electron chi connectivity index (χ0n) is 16.9. The van der Waals surface area contributed by atoms with Gasteiger partial charge in [-0.15, -0.1) is 0 Å². The molecule has 2 heterocycles. The van der Waals surface area contributed by atoms with Gasteiger partial charge in [0.1, 0.15) is 23.0 Å². The highest BCUT2D eigenvalue weighted by molar-refractivity contribution is 5.79. The lowest BCUT2D eigenvalue weighted by Crippen LogP contribution is -2.04. The summed E-state index contributed by atoms with van der Waals surface area (Å²) >= 11 is 0. The molecule has 0 aliphatic carbocycles. The van der Waals surface area contributed by atoms with E-state index in [-0.39, 0.29) is 0 Å². The summed E-state index contributed by atoms with van der Waals surface area (Å²) in [6, 6.07) is 22.6. The highest BCUT2D eigenvalue weighted by atomic mass is 16.5. The second-order valence-corrected chi connectivity index (χ2v) is 6.59. The van der Waals surface area contributed by atoms with Crippen LogP contribution in [0.4, 0.5) is 11.4 Å². The molecule has 0 N–H and O–H groups in total. The molecule has 4 aromatic rings. The molecule has 0 saturated heterocycles. The van der Waals surface area contributed by atoms with E-state index in [4.69, 9.17) is 18.3 Å². The summed E-state index contributed by atoms with van der Waals surface area (Å²) in [7, 11) is 0. The van der Waals surface area contributed by atoms with Crippen LogP contribution in [0.1, 0.15) is 17.9 Å². The molecule has 0 fully saturated rings. The molecule has 0 unspecified atom stereocenters. The molecule has 156 valence electrons. The van der Waals surface area contributed by atoms with Gasteiger partial charge in [0.15, 0.2) is 0 Å². The van der Waals surface area contributed by atoms with Crippen molar-refractivity contribution in [2.24, 2.45) is 9.98 Å². The lowest BCUT2D eigenvalue weighted by Gasteiger charge is -2.08. The number of ether oxygens (including phenoxy) is 2. The van der Waals surface area contributed by atoms with Crippen molar-refractivity contribution in [2.75, 3.05) is 13.2 Å². The van der Waals surface area contributed by atoms with Gasteiger partial charge in [-0.25, -0.2) is 0 Å². The fourth-order valence-corrected chi connectivity index (χ4v) is 2.70. The predicted octanol–water partition coefficient (Wildman–Crippen LogP) is 6.22. The second-order valence-electron chi connectivity index (χ2n) is 6.59. The van der Waals surface area contributed by atoms with E-state index in [1.807, 2.05) is 72.8 Å². The Balaban J connectivity index is 1.15. The molecule has 0 amide bonds. The van der Waals surface area contributed by atoms with E-state index in [0.717, 1.165) is 40.8 Å². The zero-order valence-corrected chi connectivity index (χ0v) is 16.9.